The fourth-order valence-corrected chi connectivity index (χ4v) is 4.25. The van der Waals surface area contributed by atoms with Crippen molar-refractivity contribution in [3.8, 4) is 17.2 Å². The molecule has 5 heteroatoms. The predicted molar refractivity (Wildman–Crippen MR) is 125 cm³/mol. The highest BCUT2D eigenvalue weighted by molar-refractivity contribution is 6.01. The molecule has 2 N–H and O–H groups in total. The smallest absolute Gasteiger partial charge is 0.119 e. The number of fused-ring (bicyclic) bond motifs is 1. The van der Waals surface area contributed by atoms with Crippen LogP contribution in [0.1, 0.15) is 28.7 Å². The molecule has 0 unspecified atom stereocenters. The minimum absolute atomic E-state index is 0.252. The zero-order valence-electron chi connectivity index (χ0n) is 17.6. The second kappa shape index (κ2) is 8.63. The van der Waals surface area contributed by atoms with Crippen LogP contribution in [-0.2, 0) is 13.0 Å². The summed E-state index contributed by atoms with van der Waals surface area (Å²) in [4.78, 5) is 4.04. The van der Waals surface area contributed by atoms with E-state index in [0.717, 1.165) is 47.4 Å². The molecular weight excluding hydrogens is 400 g/mol. The molecule has 1 heterocycles. The van der Waals surface area contributed by atoms with Crippen LogP contribution in [0.15, 0.2) is 85.5 Å². The summed E-state index contributed by atoms with van der Waals surface area (Å²) in [6.07, 6.45) is 7.25. The minimum Gasteiger partial charge on any atom is -0.508 e. The van der Waals surface area contributed by atoms with Gasteiger partial charge in [0.1, 0.15) is 23.9 Å². The summed E-state index contributed by atoms with van der Waals surface area (Å²) in [7, 11) is 0. The quantitative estimate of drug-likeness (QED) is 0.442. The largest absolute Gasteiger partial charge is 0.508 e. The summed E-state index contributed by atoms with van der Waals surface area (Å²) in [5.74, 6) is 1.32. The van der Waals surface area contributed by atoms with Crippen molar-refractivity contribution in [1.82, 2.24) is 9.55 Å². The van der Waals surface area contributed by atoms with E-state index in [1.807, 2.05) is 47.2 Å². The van der Waals surface area contributed by atoms with Crippen LogP contribution in [0.5, 0.6) is 17.2 Å². The van der Waals surface area contributed by atoms with Gasteiger partial charge in [-0.05, 0) is 82.6 Å². The monoisotopic (exact) mass is 424 g/mol. The van der Waals surface area contributed by atoms with Crippen molar-refractivity contribution in [2.24, 2.45) is 0 Å². The molecule has 32 heavy (non-hydrogen) atoms. The van der Waals surface area contributed by atoms with Gasteiger partial charge in [0.25, 0.3) is 0 Å². The molecular formula is C27H24N2O3. The second-order valence-corrected chi connectivity index (χ2v) is 7.92. The fraction of sp³-hybridized carbons (Fsp3) is 0.148. The highest BCUT2D eigenvalue weighted by atomic mass is 16.5. The van der Waals surface area contributed by atoms with Crippen LogP contribution in [0.2, 0.25) is 0 Å². The molecule has 4 aromatic rings. The molecule has 0 aliphatic heterocycles. The Labute approximate surface area is 186 Å². The van der Waals surface area contributed by atoms with Gasteiger partial charge in [-0.2, -0.15) is 0 Å². The SMILES string of the molecule is Oc1ccc(C2=C(c3ccc(OCCn4ccnc4)cc3)c3cc(O)ccc3CC2)cc1. The van der Waals surface area contributed by atoms with E-state index in [-0.39, 0.29) is 11.5 Å². The van der Waals surface area contributed by atoms with Crippen LogP contribution in [0, 0.1) is 0 Å². The zero-order valence-corrected chi connectivity index (χ0v) is 17.6. The summed E-state index contributed by atoms with van der Waals surface area (Å²) in [6.45, 7) is 1.30. The average Bonchev–Trinajstić information content (AvgIpc) is 3.33. The van der Waals surface area contributed by atoms with Crippen LogP contribution in [-0.4, -0.2) is 26.4 Å². The Morgan fingerprint density at radius 3 is 2.34 bits per heavy atom. The molecule has 5 rings (SSSR count). The number of hydrogen-bond acceptors (Lipinski definition) is 4. The fourth-order valence-electron chi connectivity index (χ4n) is 4.25. The maximum Gasteiger partial charge on any atom is 0.119 e. The predicted octanol–water partition coefficient (Wildman–Crippen LogP) is 5.28. The first-order valence-electron chi connectivity index (χ1n) is 10.7. The van der Waals surface area contributed by atoms with Crippen LogP contribution in [0.25, 0.3) is 11.1 Å². The Morgan fingerprint density at radius 2 is 1.59 bits per heavy atom. The number of aromatic nitrogens is 2. The normalized spacial score (nSPS) is 13.1. The molecule has 0 atom stereocenters. The van der Waals surface area contributed by atoms with E-state index >= 15 is 0 Å². The average molecular weight is 425 g/mol. The van der Waals surface area contributed by atoms with Crippen LogP contribution < -0.4 is 4.74 Å². The van der Waals surface area contributed by atoms with E-state index in [4.69, 9.17) is 4.74 Å². The van der Waals surface area contributed by atoms with Crippen molar-refractivity contribution in [2.75, 3.05) is 6.61 Å². The van der Waals surface area contributed by atoms with Gasteiger partial charge in [-0.3, -0.25) is 0 Å². The van der Waals surface area contributed by atoms with Crippen molar-refractivity contribution < 1.29 is 14.9 Å². The Morgan fingerprint density at radius 1 is 0.844 bits per heavy atom. The number of benzene rings is 3. The third-order valence-corrected chi connectivity index (χ3v) is 5.85. The number of allylic oxidation sites excluding steroid dienone is 1. The number of phenolic OH excluding ortho intramolecular Hbond substituents is 2. The topological polar surface area (TPSA) is 67.5 Å². The number of aromatic hydroxyl groups is 2. The Hall–Kier alpha value is -3.99. The molecule has 3 aromatic carbocycles. The van der Waals surface area contributed by atoms with E-state index in [1.165, 1.54) is 11.1 Å². The second-order valence-electron chi connectivity index (χ2n) is 7.92. The summed E-state index contributed by atoms with van der Waals surface area (Å²) in [6, 6.07) is 21.1. The van der Waals surface area contributed by atoms with Gasteiger partial charge in [0.05, 0.1) is 12.9 Å². The number of imidazole rings is 1. The summed E-state index contributed by atoms with van der Waals surface area (Å²) in [5.41, 5.74) is 6.73. The molecule has 0 fully saturated rings. The number of aryl methyl sites for hydroxylation is 1. The van der Waals surface area contributed by atoms with Crippen molar-refractivity contribution in [3.05, 3.63) is 108 Å². The maximum atomic E-state index is 10.2. The lowest BCUT2D eigenvalue weighted by atomic mass is 9.79. The van der Waals surface area contributed by atoms with Crippen molar-refractivity contribution in [1.29, 1.82) is 0 Å². The Bertz CT molecular complexity index is 1240. The minimum atomic E-state index is 0.252. The van der Waals surface area contributed by atoms with E-state index in [1.54, 1.807) is 30.7 Å². The molecule has 1 aliphatic rings. The Balaban J connectivity index is 1.48. The maximum absolute atomic E-state index is 10.2. The van der Waals surface area contributed by atoms with Crippen molar-refractivity contribution in [2.45, 2.75) is 19.4 Å². The molecule has 0 radical (unpaired) electrons. The number of phenols is 2. The molecule has 0 saturated heterocycles. The standard InChI is InChI=1S/C27H24N2O3/c30-22-7-1-19(2-8-22)25-12-6-20-3-9-23(31)17-26(20)27(25)21-4-10-24(11-5-21)32-16-15-29-14-13-28-18-29/h1-5,7-11,13-14,17-18,30-31H,6,12,15-16H2. The lowest BCUT2D eigenvalue weighted by molar-refractivity contribution is 0.298. The first-order valence-corrected chi connectivity index (χ1v) is 10.7. The van der Waals surface area contributed by atoms with Gasteiger partial charge < -0.3 is 19.5 Å². The summed E-state index contributed by atoms with van der Waals surface area (Å²) in [5, 5.41) is 19.9. The van der Waals surface area contributed by atoms with Gasteiger partial charge in [-0.25, -0.2) is 4.98 Å². The summed E-state index contributed by atoms with van der Waals surface area (Å²) >= 11 is 0. The zero-order chi connectivity index (χ0) is 21.9. The molecule has 0 saturated carbocycles. The lowest BCUT2D eigenvalue weighted by Gasteiger charge is -2.25. The van der Waals surface area contributed by atoms with Crippen LogP contribution in [0.3, 0.4) is 0 Å². The lowest BCUT2D eigenvalue weighted by Crippen LogP contribution is -2.07. The summed E-state index contributed by atoms with van der Waals surface area (Å²) < 4.78 is 7.88. The number of hydrogen-bond donors (Lipinski definition) is 2. The van der Waals surface area contributed by atoms with E-state index < -0.39 is 0 Å². The van der Waals surface area contributed by atoms with Gasteiger partial charge in [0.15, 0.2) is 0 Å². The van der Waals surface area contributed by atoms with Gasteiger partial charge in [-0.1, -0.05) is 30.3 Å². The first-order chi connectivity index (χ1) is 15.7. The highest BCUT2D eigenvalue weighted by Gasteiger charge is 2.22. The van der Waals surface area contributed by atoms with Gasteiger partial charge in [-0.15, -0.1) is 0 Å². The van der Waals surface area contributed by atoms with Crippen LogP contribution in [0.4, 0.5) is 0 Å². The number of nitrogens with zero attached hydrogens (tertiary/aromatic N) is 2. The van der Waals surface area contributed by atoms with Crippen molar-refractivity contribution >= 4 is 11.1 Å². The van der Waals surface area contributed by atoms with Gasteiger partial charge in [0.2, 0.25) is 0 Å². The van der Waals surface area contributed by atoms with Crippen molar-refractivity contribution in [3.63, 3.8) is 0 Å². The molecule has 0 bridgehead atoms. The molecule has 5 nitrogen and oxygen atoms in total. The molecule has 160 valence electrons. The molecule has 1 aromatic heterocycles. The number of rotatable bonds is 6. The third-order valence-electron chi connectivity index (χ3n) is 5.85. The van der Waals surface area contributed by atoms with E-state index in [9.17, 15) is 10.2 Å². The first kappa shape index (κ1) is 19.9. The highest BCUT2D eigenvalue weighted by Crippen LogP contribution is 2.42. The van der Waals surface area contributed by atoms with Gasteiger partial charge in [0, 0.05) is 12.4 Å². The molecule has 0 amide bonds. The number of ether oxygens (including phenoxy) is 1. The van der Waals surface area contributed by atoms with Crippen LogP contribution >= 0.6 is 0 Å². The van der Waals surface area contributed by atoms with E-state index in [2.05, 4.69) is 17.1 Å². The molecule has 1 aliphatic carbocycles. The molecule has 0 spiro atoms. The van der Waals surface area contributed by atoms with Gasteiger partial charge >= 0.3 is 0 Å². The third kappa shape index (κ3) is 4.10. The Kier molecular flexibility index (Phi) is 5.38. The van der Waals surface area contributed by atoms with E-state index in [0.29, 0.717) is 6.61 Å².